The van der Waals surface area contributed by atoms with Gasteiger partial charge in [-0.3, -0.25) is 14.4 Å². The molecule has 0 saturated heterocycles. The van der Waals surface area contributed by atoms with E-state index in [9.17, 15) is 19.6 Å². The van der Waals surface area contributed by atoms with E-state index in [1.165, 1.54) is 15.9 Å². The number of anilines is 1. The fourth-order valence-corrected chi connectivity index (χ4v) is 3.76. The van der Waals surface area contributed by atoms with Gasteiger partial charge in [0.05, 0.1) is 21.4 Å². The molecule has 2 N–H and O–H groups in total. The Bertz CT molecular complexity index is 1390. The summed E-state index contributed by atoms with van der Waals surface area (Å²) in [4.78, 5) is 39.6. The van der Waals surface area contributed by atoms with E-state index in [0.29, 0.717) is 44.5 Å². The molecule has 0 fully saturated rings. The van der Waals surface area contributed by atoms with Crippen LogP contribution in [0.15, 0.2) is 30.3 Å². The number of hydrogen-bond donors (Lipinski definition) is 1. The number of carbonyl (C=O) groups is 3. The number of nitrogens with zero attached hydrogens (tertiary/aromatic N) is 4. The molecular weight excluding hydrogens is 390 g/mol. The summed E-state index contributed by atoms with van der Waals surface area (Å²) in [6.45, 7) is 0. The van der Waals surface area contributed by atoms with Gasteiger partial charge >= 0.3 is 0 Å². The topological polar surface area (TPSA) is 131 Å². The van der Waals surface area contributed by atoms with E-state index in [1.54, 1.807) is 36.4 Å². The van der Waals surface area contributed by atoms with Crippen molar-refractivity contribution >= 4 is 47.6 Å². The molecule has 1 aromatic carbocycles. The molecule has 9 heteroatoms. The van der Waals surface area contributed by atoms with Gasteiger partial charge in [0.15, 0.2) is 30.3 Å². The molecule has 0 unspecified atom stereocenters. The molecule has 0 aliphatic heterocycles. The summed E-state index contributed by atoms with van der Waals surface area (Å²) < 4.78 is 1.38. The zero-order valence-electron chi connectivity index (χ0n) is 14.7. The number of nitriles is 1. The molecule has 0 amide bonds. The van der Waals surface area contributed by atoms with E-state index in [2.05, 4.69) is 10.1 Å². The first-order valence-electron chi connectivity index (χ1n) is 8.29. The van der Waals surface area contributed by atoms with Crippen molar-refractivity contribution in [3.8, 4) is 17.5 Å². The summed E-state index contributed by atoms with van der Waals surface area (Å²) in [5.74, 6) is 0.205. The smallest absolute Gasteiger partial charge is 0.183 e. The Hall–Kier alpha value is -4.16. The summed E-state index contributed by atoms with van der Waals surface area (Å²) in [6.07, 6.45) is 3.62. The number of thiophene rings is 1. The van der Waals surface area contributed by atoms with E-state index in [0.717, 1.165) is 6.29 Å². The lowest BCUT2D eigenvalue weighted by Crippen LogP contribution is -2.13. The van der Waals surface area contributed by atoms with Crippen molar-refractivity contribution < 1.29 is 14.4 Å². The first-order valence-corrected chi connectivity index (χ1v) is 9.10. The summed E-state index contributed by atoms with van der Waals surface area (Å²) in [7, 11) is 0. The van der Waals surface area contributed by atoms with Crippen LogP contribution in [-0.2, 0) is 0 Å². The van der Waals surface area contributed by atoms with Crippen LogP contribution < -0.4 is 11.1 Å². The van der Waals surface area contributed by atoms with Gasteiger partial charge in [0.25, 0.3) is 0 Å². The summed E-state index contributed by atoms with van der Waals surface area (Å²) in [5.41, 5.74) is 7.45. The third-order valence-electron chi connectivity index (χ3n) is 4.32. The van der Waals surface area contributed by atoms with Gasteiger partial charge in [-0.05, 0) is 36.4 Å². The number of fused-ring (bicyclic) bond motifs is 1. The molecule has 0 atom stereocenters. The van der Waals surface area contributed by atoms with Gasteiger partial charge in [-0.1, -0.05) is 0 Å². The van der Waals surface area contributed by atoms with Crippen molar-refractivity contribution in [2.45, 2.75) is 0 Å². The van der Waals surface area contributed by atoms with E-state index in [4.69, 9.17) is 5.73 Å². The third kappa shape index (κ3) is 2.97. The Kier molecular flexibility index (Phi) is 4.46. The number of carbonyl (C=O) groups excluding carboxylic acids is 3. The van der Waals surface area contributed by atoms with Crippen LogP contribution in [0.5, 0.6) is 0 Å². The predicted molar refractivity (Wildman–Crippen MR) is 107 cm³/mol. The molecule has 140 valence electrons. The van der Waals surface area contributed by atoms with E-state index in [-0.39, 0.29) is 22.6 Å². The second kappa shape index (κ2) is 7.10. The highest BCUT2D eigenvalue weighted by molar-refractivity contribution is 7.14. The Morgan fingerprint density at radius 1 is 1.07 bits per heavy atom. The summed E-state index contributed by atoms with van der Waals surface area (Å²) >= 11 is 1.24. The Morgan fingerprint density at radius 2 is 1.86 bits per heavy atom. The zero-order chi connectivity index (χ0) is 20.5. The van der Waals surface area contributed by atoms with Gasteiger partial charge in [-0.15, -0.1) is 16.4 Å². The normalized spacial score (nSPS) is 11.5. The van der Waals surface area contributed by atoms with Crippen LogP contribution >= 0.6 is 11.3 Å². The van der Waals surface area contributed by atoms with Crippen molar-refractivity contribution in [1.29, 1.82) is 5.26 Å². The second-order valence-electron chi connectivity index (χ2n) is 6.04. The largest absolute Gasteiger partial charge is 0.399 e. The van der Waals surface area contributed by atoms with Gasteiger partial charge in [0.1, 0.15) is 6.07 Å². The minimum absolute atomic E-state index is 0.0984. The average molecular weight is 401 g/mol. The first kappa shape index (κ1) is 18.2. The van der Waals surface area contributed by atoms with Crippen LogP contribution in [0.2, 0.25) is 0 Å². The van der Waals surface area contributed by atoms with Gasteiger partial charge in [0, 0.05) is 21.7 Å². The molecule has 0 spiro atoms. The Labute approximate surface area is 167 Å². The van der Waals surface area contributed by atoms with Crippen LogP contribution in [0.1, 0.15) is 40.8 Å². The number of benzene rings is 1. The van der Waals surface area contributed by atoms with Crippen molar-refractivity contribution in [1.82, 2.24) is 14.6 Å². The number of hydrogen-bond acceptors (Lipinski definition) is 8. The molecule has 0 bridgehead atoms. The molecule has 8 nitrogen and oxygen atoms in total. The SMILES string of the molecule is N#Cc1c(C=O)c2nc(-c3cc(N)ccc3C=O)nn2/c1=C/c1ccc(C=O)s1. The van der Waals surface area contributed by atoms with Crippen LogP contribution in [0.4, 0.5) is 5.69 Å². The molecule has 4 rings (SSSR count). The highest BCUT2D eigenvalue weighted by atomic mass is 32.1. The van der Waals surface area contributed by atoms with Crippen molar-refractivity contribution in [3.05, 3.63) is 62.1 Å². The highest BCUT2D eigenvalue weighted by Gasteiger charge is 2.20. The van der Waals surface area contributed by atoms with Gasteiger partial charge in [0.2, 0.25) is 0 Å². The predicted octanol–water partition coefficient (Wildman–Crippen LogP) is 1.90. The number of nitrogens with two attached hydrogens (primary N) is 1. The number of aromatic nitrogens is 3. The molecule has 0 saturated carbocycles. The van der Waals surface area contributed by atoms with Gasteiger partial charge < -0.3 is 5.73 Å². The standard InChI is InChI=1S/C20H11N5O3S/c21-7-16-17(10-28)20-23-19(15-5-12(22)2-1-11(15)8-26)24-25(20)18(16)6-13-3-4-14(9-27)29-13/h1-6,8-10H,22H2/b18-6+. The minimum Gasteiger partial charge on any atom is -0.399 e. The van der Waals surface area contributed by atoms with Crippen LogP contribution in [0.3, 0.4) is 0 Å². The third-order valence-corrected chi connectivity index (χ3v) is 5.28. The van der Waals surface area contributed by atoms with Gasteiger partial charge in [-0.25, -0.2) is 9.50 Å². The second-order valence-corrected chi connectivity index (χ2v) is 7.19. The van der Waals surface area contributed by atoms with Crippen LogP contribution in [0.25, 0.3) is 23.1 Å². The van der Waals surface area contributed by atoms with E-state index < -0.39 is 0 Å². The lowest BCUT2D eigenvalue weighted by atomic mass is 10.1. The molecule has 0 radical (unpaired) electrons. The van der Waals surface area contributed by atoms with Crippen LogP contribution in [-0.4, -0.2) is 33.5 Å². The summed E-state index contributed by atoms with van der Waals surface area (Å²) in [6, 6.07) is 10.1. The molecule has 3 heterocycles. The molecule has 4 aromatic rings. The fraction of sp³-hybridized carbons (Fsp3) is 0. The average Bonchev–Trinajstić information content (AvgIpc) is 3.42. The van der Waals surface area contributed by atoms with E-state index >= 15 is 0 Å². The van der Waals surface area contributed by atoms with Crippen molar-refractivity contribution in [3.63, 3.8) is 0 Å². The maximum Gasteiger partial charge on any atom is 0.183 e. The van der Waals surface area contributed by atoms with Crippen LogP contribution in [0, 0.1) is 11.3 Å². The zero-order valence-corrected chi connectivity index (χ0v) is 15.5. The maximum absolute atomic E-state index is 11.7. The minimum atomic E-state index is 0.0984. The van der Waals surface area contributed by atoms with Crippen molar-refractivity contribution in [2.24, 2.45) is 0 Å². The van der Waals surface area contributed by atoms with Crippen molar-refractivity contribution in [2.75, 3.05) is 5.73 Å². The maximum atomic E-state index is 11.7. The molecule has 3 aromatic heterocycles. The van der Waals surface area contributed by atoms with Gasteiger partial charge in [-0.2, -0.15) is 5.26 Å². The number of aldehydes is 3. The monoisotopic (exact) mass is 401 g/mol. The molecular formula is C20H11N5O3S. The first-order chi connectivity index (χ1) is 14.1. The highest BCUT2D eigenvalue weighted by Crippen LogP contribution is 2.24. The van der Waals surface area contributed by atoms with E-state index in [1.807, 2.05) is 6.07 Å². The summed E-state index contributed by atoms with van der Waals surface area (Å²) in [5, 5.41) is 14.3. The quantitative estimate of drug-likeness (QED) is 0.399. The molecule has 0 aliphatic carbocycles. The Morgan fingerprint density at radius 3 is 2.52 bits per heavy atom. The molecule has 0 aliphatic rings. The number of rotatable bonds is 5. The molecule has 29 heavy (non-hydrogen) atoms. The lowest BCUT2D eigenvalue weighted by Gasteiger charge is -2.01. The fourth-order valence-electron chi connectivity index (χ4n) is 3.00. The number of nitrogen functional groups attached to an aromatic ring is 1. The lowest BCUT2D eigenvalue weighted by molar-refractivity contribution is 0.111. The Balaban J connectivity index is 2.03.